The zero-order chi connectivity index (χ0) is 15.7. The summed E-state index contributed by atoms with van der Waals surface area (Å²) in [6, 6.07) is 4.12. The molecule has 1 atom stereocenters. The molecule has 0 spiro atoms. The zero-order valence-electron chi connectivity index (χ0n) is 10.9. The van der Waals surface area contributed by atoms with Gasteiger partial charge in [-0.05, 0) is 25.1 Å². The number of hydrogen-bond acceptors (Lipinski definition) is 6. The lowest BCUT2D eigenvalue weighted by Gasteiger charge is -2.12. The van der Waals surface area contributed by atoms with Crippen LogP contribution in [0.2, 0.25) is 0 Å². The smallest absolute Gasteiger partial charge is 0.241 e. The fraction of sp³-hybridized carbons (Fsp3) is 0.200. The molecule has 9 nitrogen and oxygen atoms in total. The number of nitrogens with one attached hydrogen (secondary N) is 2. The van der Waals surface area contributed by atoms with E-state index in [-0.39, 0.29) is 9.79 Å². The molecule has 0 saturated carbocycles. The summed E-state index contributed by atoms with van der Waals surface area (Å²) in [4.78, 5) is 3.35. The third kappa shape index (κ3) is 3.64. The van der Waals surface area contributed by atoms with E-state index < -0.39 is 26.1 Å². The number of sulfonamides is 2. The Bertz CT molecular complexity index is 830. The quantitative estimate of drug-likeness (QED) is 0.672. The molecule has 4 N–H and O–H groups in total. The summed E-state index contributed by atoms with van der Waals surface area (Å²) >= 11 is 0. The van der Waals surface area contributed by atoms with E-state index in [0.717, 1.165) is 6.07 Å². The molecular weight excluding hydrogens is 318 g/mol. The Hall–Kier alpha value is -1.82. The van der Waals surface area contributed by atoms with Crippen LogP contribution in [0.5, 0.6) is 0 Å². The minimum Gasteiger partial charge on any atom is -0.262 e. The Kier molecular flexibility index (Phi) is 4.09. The molecule has 0 radical (unpaired) electrons. The summed E-state index contributed by atoms with van der Waals surface area (Å²) in [5.41, 5.74) is 0. The molecule has 1 unspecified atom stereocenters. The zero-order valence-corrected chi connectivity index (χ0v) is 12.5. The molecule has 0 aliphatic carbocycles. The van der Waals surface area contributed by atoms with Gasteiger partial charge in [-0.2, -0.15) is 5.10 Å². The first-order valence-corrected chi connectivity index (χ1v) is 8.73. The molecule has 0 bridgehead atoms. The van der Waals surface area contributed by atoms with Gasteiger partial charge in [0.1, 0.15) is 12.2 Å². The molecule has 114 valence electrons. The van der Waals surface area contributed by atoms with E-state index in [2.05, 4.69) is 19.9 Å². The highest BCUT2D eigenvalue weighted by Gasteiger charge is 2.21. The lowest BCUT2D eigenvalue weighted by atomic mass is 10.3. The molecule has 0 amide bonds. The summed E-state index contributed by atoms with van der Waals surface area (Å²) in [6.07, 6.45) is 1.25. The van der Waals surface area contributed by atoms with Crippen molar-refractivity contribution >= 4 is 20.0 Å². The van der Waals surface area contributed by atoms with Gasteiger partial charge < -0.3 is 0 Å². The number of rotatable bonds is 5. The third-order valence-electron chi connectivity index (χ3n) is 2.62. The minimum absolute atomic E-state index is 0.208. The van der Waals surface area contributed by atoms with Crippen molar-refractivity contribution in [2.75, 3.05) is 0 Å². The molecule has 2 aromatic rings. The third-order valence-corrected chi connectivity index (χ3v) is 5.07. The first-order chi connectivity index (χ1) is 9.70. The normalized spacial score (nSPS) is 14.0. The Labute approximate surface area is 121 Å². The van der Waals surface area contributed by atoms with E-state index >= 15 is 0 Å². The molecular formula is C10H13N5O4S2. The Morgan fingerprint density at radius 3 is 2.48 bits per heavy atom. The van der Waals surface area contributed by atoms with Gasteiger partial charge in [0, 0.05) is 0 Å². The molecule has 1 aromatic heterocycles. The van der Waals surface area contributed by atoms with Crippen molar-refractivity contribution in [1.29, 1.82) is 0 Å². The van der Waals surface area contributed by atoms with Crippen LogP contribution in [-0.2, 0) is 20.0 Å². The predicted octanol–water partition coefficient (Wildman–Crippen LogP) is -0.508. The molecule has 11 heteroatoms. The first kappa shape index (κ1) is 15.6. The minimum atomic E-state index is -3.98. The van der Waals surface area contributed by atoms with Crippen LogP contribution in [0.25, 0.3) is 0 Å². The number of nitrogens with zero attached hydrogens (tertiary/aromatic N) is 2. The Morgan fingerprint density at radius 1 is 1.24 bits per heavy atom. The van der Waals surface area contributed by atoms with Crippen molar-refractivity contribution in [1.82, 2.24) is 19.9 Å². The van der Waals surface area contributed by atoms with Crippen molar-refractivity contribution in [2.24, 2.45) is 5.14 Å². The maximum absolute atomic E-state index is 12.2. The maximum Gasteiger partial charge on any atom is 0.241 e. The van der Waals surface area contributed by atoms with Gasteiger partial charge in [0.2, 0.25) is 20.0 Å². The van der Waals surface area contributed by atoms with Crippen molar-refractivity contribution in [3.8, 4) is 0 Å². The monoisotopic (exact) mass is 331 g/mol. The van der Waals surface area contributed by atoms with Crippen molar-refractivity contribution in [2.45, 2.75) is 22.8 Å². The summed E-state index contributed by atoms with van der Waals surface area (Å²) < 4.78 is 49.3. The van der Waals surface area contributed by atoms with Gasteiger partial charge in [0.15, 0.2) is 0 Å². The number of aromatic nitrogens is 3. The first-order valence-electron chi connectivity index (χ1n) is 5.70. The van der Waals surface area contributed by atoms with Crippen LogP contribution in [-0.4, -0.2) is 32.0 Å². The number of primary sulfonamides is 1. The second kappa shape index (κ2) is 5.52. The number of H-pyrrole nitrogens is 1. The summed E-state index contributed by atoms with van der Waals surface area (Å²) in [6.45, 7) is 1.57. The maximum atomic E-state index is 12.2. The number of hydrogen-bond donors (Lipinski definition) is 3. The van der Waals surface area contributed by atoms with Crippen LogP contribution < -0.4 is 9.86 Å². The van der Waals surface area contributed by atoms with Crippen LogP contribution in [0, 0.1) is 0 Å². The fourth-order valence-corrected chi connectivity index (χ4v) is 3.49. The molecule has 0 aliphatic heterocycles. The predicted molar refractivity (Wildman–Crippen MR) is 72.9 cm³/mol. The molecule has 21 heavy (non-hydrogen) atoms. The van der Waals surface area contributed by atoms with E-state index in [0.29, 0.717) is 5.82 Å². The van der Waals surface area contributed by atoms with Gasteiger partial charge in [-0.3, -0.25) is 5.10 Å². The topological polar surface area (TPSA) is 148 Å². The molecule has 1 heterocycles. The van der Waals surface area contributed by atoms with Gasteiger partial charge >= 0.3 is 0 Å². The number of aromatic amines is 1. The Morgan fingerprint density at radius 2 is 1.90 bits per heavy atom. The Balaban J connectivity index is 2.32. The second-order valence-electron chi connectivity index (χ2n) is 4.23. The molecule has 0 fully saturated rings. The van der Waals surface area contributed by atoms with Crippen LogP contribution in [0.4, 0.5) is 0 Å². The van der Waals surface area contributed by atoms with Gasteiger partial charge in [-0.25, -0.2) is 31.7 Å². The van der Waals surface area contributed by atoms with E-state index in [1.54, 1.807) is 6.92 Å². The van der Waals surface area contributed by atoms with Crippen LogP contribution in [0.3, 0.4) is 0 Å². The van der Waals surface area contributed by atoms with E-state index in [4.69, 9.17) is 5.14 Å². The van der Waals surface area contributed by atoms with Crippen molar-refractivity contribution in [3.05, 3.63) is 36.4 Å². The van der Waals surface area contributed by atoms with E-state index in [9.17, 15) is 16.8 Å². The van der Waals surface area contributed by atoms with Crippen LogP contribution in [0.15, 0.2) is 40.4 Å². The molecule has 0 aliphatic rings. The second-order valence-corrected chi connectivity index (χ2v) is 7.51. The molecule has 1 aromatic carbocycles. The SMILES string of the molecule is CC(NS(=O)(=O)c1cccc(S(N)(=O)=O)c1)c1ncn[nH]1. The average molecular weight is 331 g/mol. The van der Waals surface area contributed by atoms with Gasteiger partial charge in [0.25, 0.3) is 0 Å². The van der Waals surface area contributed by atoms with Crippen LogP contribution >= 0.6 is 0 Å². The standard InChI is InChI=1S/C10H13N5O4S2/c1-7(10-12-6-13-14-10)15-21(18,19)9-4-2-3-8(5-9)20(11,16)17/h2-7,15H,1H3,(H2,11,16,17)(H,12,13,14). The largest absolute Gasteiger partial charge is 0.262 e. The van der Waals surface area contributed by atoms with Gasteiger partial charge in [-0.1, -0.05) is 6.07 Å². The van der Waals surface area contributed by atoms with Crippen molar-refractivity contribution in [3.63, 3.8) is 0 Å². The summed E-state index contributed by atoms with van der Waals surface area (Å²) in [5, 5.41) is 11.1. The van der Waals surface area contributed by atoms with Crippen LogP contribution in [0.1, 0.15) is 18.8 Å². The van der Waals surface area contributed by atoms with Crippen molar-refractivity contribution < 1.29 is 16.8 Å². The highest BCUT2D eigenvalue weighted by Crippen LogP contribution is 2.17. The highest BCUT2D eigenvalue weighted by molar-refractivity contribution is 7.90. The lowest BCUT2D eigenvalue weighted by molar-refractivity contribution is 0.560. The highest BCUT2D eigenvalue weighted by atomic mass is 32.2. The van der Waals surface area contributed by atoms with E-state index in [1.807, 2.05) is 0 Å². The van der Waals surface area contributed by atoms with Gasteiger partial charge in [0.05, 0.1) is 15.8 Å². The summed E-state index contributed by atoms with van der Waals surface area (Å²) in [7, 11) is -7.90. The van der Waals surface area contributed by atoms with E-state index in [1.165, 1.54) is 24.5 Å². The average Bonchev–Trinajstić information content (AvgIpc) is 2.91. The number of benzene rings is 1. The fourth-order valence-electron chi connectivity index (χ4n) is 1.60. The summed E-state index contributed by atoms with van der Waals surface area (Å²) in [5.74, 6) is 0.334. The van der Waals surface area contributed by atoms with Gasteiger partial charge in [-0.15, -0.1) is 0 Å². The lowest BCUT2D eigenvalue weighted by Crippen LogP contribution is -2.28. The number of nitrogens with two attached hydrogens (primary N) is 1. The molecule has 0 saturated heterocycles. The molecule has 2 rings (SSSR count).